The molecule has 0 unspecified atom stereocenters. The first-order valence-corrected chi connectivity index (χ1v) is 7.94. The van der Waals surface area contributed by atoms with E-state index in [0.29, 0.717) is 10.6 Å². The molecular formula is C19H16ClNO3. The summed E-state index contributed by atoms with van der Waals surface area (Å²) in [6.07, 6.45) is 1.79. The highest BCUT2D eigenvalue weighted by atomic mass is 35.5. The minimum atomic E-state index is -0.479. The lowest BCUT2D eigenvalue weighted by molar-refractivity contribution is -0.129. The molecule has 0 saturated carbocycles. The van der Waals surface area contributed by atoms with Gasteiger partial charge in [-0.05, 0) is 55.8 Å². The number of hydrogen-bond acceptors (Lipinski definition) is 4. The van der Waals surface area contributed by atoms with Gasteiger partial charge in [0.25, 0.3) is 0 Å². The molecule has 0 spiro atoms. The van der Waals surface area contributed by atoms with E-state index in [9.17, 15) is 4.79 Å². The van der Waals surface area contributed by atoms with Gasteiger partial charge >= 0.3 is 5.97 Å². The monoisotopic (exact) mass is 341 g/mol. The van der Waals surface area contributed by atoms with Crippen molar-refractivity contribution in [1.29, 1.82) is 0 Å². The highest BCUT2D eigenvalue weighted by Crippen LogP contribution is 2.22. The lowest BCUT2D eigenvalue weighted by Crippen LogP contribution is -2.05. The van der Waals surface area contributed by atoms with Crippen LogP contribution in [0.5, 0.6) is 5.75 Å². The van der Waals surface area contributed by atoms with E-state index in [1.54, 1.807) is 30.3 Å². The molecule has 4 nitrogen and oxygen atoms in total. The minimum absolute atomic E-state index is 0.115. The molecule has 0 radical (unpaired) electrons. The van der Waals surface area contributed by atoms with Crippen LogP contribution < -0.4 is 4.74 Å². The van der Waals surface area contributed by atoms with E-state index in [0.717, 1.165) is 11.3 Å². The van der Waals surface area contributed by atoms with Crippen LogP contribution in [0.4, 0.5) is 0 Å². The number of carbonyl (C=O) groups is 1. The zero-order chi connectivity index (χ0) is 17.1. The molecule has 122 valence electrons. The van der Waals surface area contributed by atoms with E-state index in [-0.39, 0.29) is 17.7 Å². The first kappa shape index (κ1) is 16.3. The van der Waals surface area contributed by atoms with Crippen molar-refractivity contribution in [1.82, 2.24) is 0 Å². The van der Waals surface area contributed by atoms with Gasteiger partial charge < -0.3 is 9.47 Å². The van der Waals surface area contributed by atoms with Crippen LogP contribution in [0.15, 0.2) is 59.2 Å². The molecule has 5 heteroatoms. The smallest absolute Gasteiger partial charge is 0.363 e. The van der Waals surface area contributed by atoms with Gasteiger partial charge in [0.2, 0.25) is 5.90 Å². The molecule has 0 bridgehead atoms. The predicted octanol–water partition coefficient (Wildman–Crippen LogP) is 4.47. The predicted molar refractivity (Wildman–Crippen MR) is 94.3 cm³/mol. The molecule has 0 aliphatic carbocycles. The quantitative estimate of drug-likeness (QED) is 0.609. The average Bonchev–Trinajstić information content (AvgIpc) is 2.90. The van der Waals surface area contributed by atoms with Crippen molar-refractivity contribution in [3.05, 3.63) is 70.4 Å². The summed E-state index contributed by atoms with van der Waals surface area (Å²) in [6, 6.07) is 14.5. The number of aliphatic imine (C=N–C) groups is 1. The Morgan fingerprint density at radius 3 is 2.58 bits per heavy atom. The van der Waals surface area contributed by atoms with Crippen molar-refractivity contribution >= 4 is 29.5 Å². The lowest BCUT2D eigenvalue weighted by atomic mass is 10.2. The summed E-state index contributed by atoms with van der Waals surface area (Å²) < 4.78 is 10.8. The summed E-state index contributed by atoms with van der Waals surface area (Å²) >= 11 is 5.95. The van der Waals surface area contributed by atoms with Crippen LogP contribution in [0.1, 0.15) is 25.0 Å². The van der Waals surface area contributed by atoms with Crippen molar-refractivity contribution in [3.8, 4) is 5.75 Å². The fraction of sp³-hybridized carbons (Fsp3) is 0.158. The normalized spacial score (nSPS) is 15.6. The van der Waals surface area contributed by atoms with Gasteiger partial charge in [-0.3, -0.25) is 0 Å². The van der Waals surface area contributed by atoms with Gasteiger partial charge in [0, 0.05) is 10.6 Å². The Morgan fingerprint density at radius 1 is 1.17 bits per heavy atom. The van der Waals surface area contributed by atoms with Crippen LogP contribution in [0.25, 0.3) is 6.08 Å². The third kappa shape index (κ3) is 3.84. The van der Waals surface area contributed by atoms with Crippen molar-refractivity contribution in [2.75, 3.05) is 0 Å². The van der Waals surface area contributed by atoms with E-state index < -0.39 is 5.97 Å². The fourth-order valence-electron chi connectivity index (χ4n) is 2.23. The van der Waals surface area contributed by atoms with Gasteiger partial charge in [0.1, 0.15) is 5.75 Å². The van der Waals surface area contributed by atoms with Gasteiger partial charge in [-0.1, -0.05) is 29.8 Å². The Hall–Kier alpha value is -2.59. The van der Waals surface area contributed by atoms with Crippen LogP contribution in [0.3, 0.4) is 0 Å². The van der Waals surface area contributed by atoms with Gasteiger partial charge in [-0.15, -0.1) is 0 Å². The molecule has 3 rings (SSSR count). The molecule has 0 fully saturated rings. The highest BCUT2D eigenvalue weighted by Gasteiger charge is 2.24. The molecular weight excluding hydrogens is 326 g/mol. The van der Waals surface area contributed by atoms with E-state index in [1.807, 2.05) is 38.1 Å². The second-order valence-electron chi connectivity index (χ2n) is 5.58. The summed E-state index contributed by atoms with van der Waals surface area (Å²) in [4.78, 5) is 16.3. The Balaban J connectivity index is 1.83. The molecule has 0 aromatic heterocycles. The number of esters is 1. The Kier molecular flexibility index (Phi) is 4.67. The van der Waals surface area contributed by atoms with Crippen molar-refractivity contribution < 1.29 is 14.3 Å². The minimum Gasteiger partial charge on any atom is -0.491 e. The molecule has 2 aromatic carbocycles. The van der Waals surface area contributed by atoms with E-state index in [4.69, 9.17) is 21.1 Å². The molecule has 0 N–H and O–H groups in total. The number of benzene rings is 2. The van der Waals surface area contributed by atoms with Gasteiger partial charge in [0.05, 0.1) is 6.10 Å². The third-order valence-corrected chi connectivity index (χ3v) is 3.48. The Labute approximate surface area is 145 Å². The number of hydrogen-bond donors (Lipinski definition) is 0. The number of cyclic esters (lactones) is 1. The second kappa shape index (κ2) is 6.89. The SMILES string of the molecule is CC(C)Oc1ccc(/C=C2/N=C(c3cccc(Cl)c3)OC2=O)cc1. The van der Waals surface area contributed by atoms with E-state index >= 15 is 0 Å². The molecule has 0 atom stereocenters. The first-order valence-electron chi connectivity index (χ1n) is 7.56. The zero-order valence-corrected chi connectivity index (χ0v) is 14.1. The summed E-state index contributed by atoms with van der Waals surface area (Å²) in [5.74, 6) is 0.560. The fourth-order valence-corrected chi connectivity index (χ4v) is 2.42. The summed E-state index contributed by atoms with van der Waals surface area (Å²) in [6.45, 7) is 3.94. The average molecular weight is 342 g/mol. The van der Waals surface area contributed by atoms with Crippen molar-refractivity contribution in [2.45, 2.75) is 20.0 Å². The number of ether oxygens (including phenoxy) is 2. The van der Waals surface area contributed by atoms with Gasteiger partial charge in [-0.2, -0.15) is 0 Å². The maximum Gasteiger partial charge on any atom is 0.363 e. The summed E-state index contributed by atoms with van der Waals surface area (Å²) in [5.41, 5.74) is 1.76. The lowest BCUT2D eigenvalue weighted by Gasteiger charge is -2.09. The Morgan fingerprint density at radius 2 is 1.92 bits per heavy atom. The molecule has 0 amide bonds. The van der Waals surface area contributed by atoms with Crippen LogP contribution in [0.2, 0.25) is 5.02 Å². The Bertz CT molecular complexity index is 823. The zero-order valence-electron chi connectivity index (χ0n) is 13.3. The maximum atomic E-state index is 12.0. The van der Waals surface area contributed by atoms with Crippen molar-refractivity contribution in [2.24, 2.45) is 4.99 Å². The molecule has 1 heterocycles. The number of nitrogens with zero attached hydrogens (tertiary/aromatic N) is 1. The summed E-state index contributed by atoms with van der Waals surface area (Å²) in [5, 5.41) is 0.560. The van der Waals surface area contributed by atoms with E-state index in [1.165, 1.54) is 0 Å². The van der Waals surface area contributed by atoms with Crippen LogP contribution >= 0.6 is 11.6 Å². The summed E-state index contributed by atoms with van der Waals surface area (Å²) in [7, 11) is 0. The standard InChI is InChI=1S/C19H16ClNO3/c1-12(2)23-16-8-6-13(7-9-16)10-17-19(22)24-18(21-17)14-4-3-5-15(20)11-14/h3-12H,1-2H3/b17-10+. The second-order valence-corrected chi connectivity index (χ2v) is 6.02. The van der Waals surface area contributed by atoms with Gasteiger partial charge in [0.15, 0.2) is 5.70 Å². The largest absolute Gasteiger partial charge is 0.491 e. The maximum absolute atomic E-state index is 12.0. The van der Waals surface area contributed by atoms with E-state index in [2.05, 4.69) is 4.99 Å². The van der Waals surface area contributed by atoms with Gasteiger partial charge in [-0.25, -0.2) is 9.79 Å². The molecule has 0 saturated heterocycles. The number of carbonyl (C=O) groups excluding carboxylic acids is 1. The topological polar surface area (TPSA) is 47.9 Å². The first-order chi connectivity index (χ1) is 11.5. The van der Waals surface area contributed by atoms with Crippen molar-refractivity contribution in [3.63, 3.8) is 0 Å². The van der Waals surface area contributed by atoms with Crippen LogP contribution in [-0.4, -0.2) is 18.0 Å². The molecule has 24 heavy (non-hydrogen) atoms. The number of halogens is 1. The molecule has 2 aromatic rings. The van der Waals surface area contributed by atoms with Crippen LogP contribution in [0, 0.1) is 0 Å². The third-order valence-electron chi connectivity index (χ3n) is 3.25. The molecule has 1 aliphatic rings. The van der Waals surface area contributed by atoms with Crippen LogP contribution in [-0.2, 0) is 9.53 Å². The molecule has 1 aliphatic heterocycles. The number of rotatable bonds is 4. The highest BCUT2D eigenvalue weighted by molar-refractivity contribution is 6.31.